The zero-order chi connectivity index (χ0) is 22.9. The first kappa shape index (κ1) is 21.0. The molecule has 2 N–H and O–H groups in total. The molecule has 2 aromatic carbocycles. The van der Waals surface area contributed by atoms with Gasteiger partial charge in [-0.3, -0.25) is 9.59 Å². The fourth-order valence-corrected chi connectivity index (χ4v) is 3.00. The van der Waals surface area contributed by atoms with Gasteiger partial charge in [-0.25, -0.2) is 9.50 Å². The van der Waals surface area contributed by atoms with Gasteiger partial charge in [0.15, 0.2) is 5.65 Å². The smallest absolute Gasteiger partial charge is 0.322 e. The maximum Gasteiger partial charge on any atom is 0.416 e. The number of nitrogens with zero attached hydrogens (tertiary/aromatic N) is 3. The average molecular weight is 439 g/mol. The number of fused-ring (bicyclic) bond motifs is 1. The first-order chi connectivity index (χ1) is 15.2. The second-order valence-corrected chi connectivity index (χ2v) is 6.99. The van der Waals surface area contributed by atoms with Crippen molar-refractivity contribution in [2.75, 3.05) is 10.6 Å². The van der Waals surface area contributed by atoms with E-state index in [1.54, 1.807) is 25.3 Å². The number of alkyl halides is 3. The summed E-state index contributed by atoms with van der Waals surface area (Å²) < 4.78 is 40.1. The first-order valence-electron chi connectivity index (χ1n) is 9.41. The largest absolute Gasteiger partial charge is 0.416 e. The van der Waals surface area contributed by atoms with Crippen molar-refractivity contribution < 1.29 is 22.8 Å². The van der Waals surface area contributed by atoms with Crippen LogP contribution >= 0.6 is 0 Å². The van der Waals surface area contributed by atoms with Crippen molar-refractivity contribution >= 4 is 28.8 Å². The number of rotatable bonds is 4. The number of hydrogen-bond acceptors (Lipinski definition) is 4. The van der Waals surface area contributed by atoms with Gasteiger partial charge in [-0.05, 0) is 42.8 Å². The molecule has 4 rings (SSSR count). The van der Waals surface area contributed by atoms with Crippen LogP contribution in [0.15, 0.2) is 67.1 Å². The van der Waals surface area contributed by atoms with Gasteiger partial charge in [-0.15, -0.1) is 0 Å². The molecule has 4 aromatic rings. The number of anilines is 2. The van der Waals surface area contributed by atoms with Crippen LogP contribution in [-0.4, -0.2) is 26.4 Å². The standard InChI is InChI=1S/C22H16F3N5O2/c1-13-5-6-14(20(31)28-17-4-2-3-16(10-17)22(23,24)25)9-18(13)29-21(32)15-11-26-19-7-8-27-30(19)12-15/h2-12H,1H3,(H,28,31)(H,29,32). The highest BCUT2D eigenvalue weighted by atomic mass is 19.4. The molecule has 162 valence electrons. The third kappa shape index (κ3) is 4.43. The van der Waals surface area contributed by atoms with E-state index in [0.29, 0.717) is 16.9 Å². The fraction of sp³-hybridized carbons (Fsp3) is 0.0909. The Hall–Kier alpha value is -4.21. The lowest BCUT2D eigenvalue weighted by Crippen LogP contribution is -2.16. The third-order valence-corrected chi connectivity index (χ3v) is 4.70. The Kier molecular flexibility index (Phi) is 5.35. The Morgan fingerprint density at radius 1 is 0.969 bits per heavy atom. The number of carbonyl (C=O) groups excluding carboxylic acids is 2. The lowest BCUT2D eigenvalue weighted by molar-refractivity contribution is -0.137. The minimum Gasteiger partial charge on any atom is -0.322 e. The molecule has 32 heavy (non-hydrogen) atoms. The number of benzene rings is 2. The summed E-state index contributed by atoms with van der Waals surface area (Å²) >= 11 is 0. The van der Waals surface area contributed by atoms with Gasteiger partial charge in [0, 0.05) is 35.4 Å². The molecular weight excluding hydrogens is 423 g/mol. The van der Waals surface area contributed by atoms with E-state index in [1.807, 2.05) is 0 Å². The van der Waals surface area contributed by atoms with Crippen molar-refractivity contribution in [2.24, 2.45) is 0 Å². The Bertz CT molecular complexity index is 1330. The van der Waals surface area contributed by atoms with Crippen LogP contribution in [0.2, 0.25) is 0 Å². The van der Waals surface area contributed by atoms with Gasteiger partial charge in [0.25, 0.3) is 11.8 Å². The average Bonchev–Trinajstić information content (AvgIpc) is 3.22. The molecule has 2 aromatic heterocycles. The topological polar surface area (TPSA) is 88.4 Å². The van der Waals surface area contributed by atoms with Crippen molar-refractivity contribution in [1.82, 2.24) is 14.6 Å². The van der Waals surface area contributed by atoms with Gasteiger partial charge < -0.3 is 10.6 Å². The molecule has 0 bridgehead atoms. The van der Waals surface area contributed by atoms with Crippen LogP contribution in [0.5, 0.6) is 0 Å². The molecule has 0 saturated heterocycles. The second kappa shape index (κ2) is 8.14. The molecule has 7 nitrogen and oxygen atoms in total. The van der Waals surface area contributed by atoms with Gasteiger partial charge in [-0.1, -0.05) is 12.1 Å². The predicted molar refractivity (Wildman–Crippen MR) is 112 cm³/mol. The predicted octanol–water partition coefficient (Wildman–Crippen LogP) is 4.56. The lowest BCUT2D eigenvalue weighted by atomic mass is 10.1. The highest BCUT2D eigenvalue weighted by Gasteiger charge is 2.30. The van der Waals surface area contributed by atoms with Gasteiger partial charge in [-0.2, -0.15) is 18.3 Å². The van der Waals surface area contributed by atoms with E-state index in [9.17, 15) is 22.8 Å². The van der Waals surface area contributed by atoms with Gasteiger partial charge in [0.1, 0.15) is 0 Å². The Morgan fingerprint density at radius 2 is 1.75 bits per heavy atom. The first-order valence-corrected chi connectivity index (χ1v) is 9.41. The summed E-state index contributed by atoms with van der Waals surface area (Å²) in [6.45, 7) is 1.75. The molecule has 0 atom stereocenters. The van der Waals surface area contributed by atoms with E-state index in [2.05, 4.69) is 20.7 Å². The zero-order valence-corrected chi connectivity index (χ0v) is 16.6. The Balaban J connectivity index is 1.53. The van der Waals surface area contributed by atoms with Crippen LogP contribution in [-0.2, 0) is 6.18 Å². The normalized spacial score (nSPS) is 11.4. The number of nitrogens with one attached hydrogen (secondary N) is 2. The van der Waals surface area contributed by atoms with E-state index in [4.69, 9.17) is 0 Å². The Morgan fingerprint density at radius 3 is 2.53 bits per heavy atom. The summed E-state index contributed by atoms with van der Waals surface area (Å²) in [6.07, 6.45) is -0.0280. The van der Waals surface area contributed by atoms with E-state index in [-0.39, 0.29) is 16.8 Å². The molecule has 10 heteroatoms. The van der Waals surface area contributed by atoms with Crippen molar-refractivity contribution in [1.29, 1.82) is 0 Å². The minimum absolute atomic E-state index is 0.00888. The molecule has 2 heterocycles. The van der Waals surface area contributed by atoms with E-state index in [0.717, 1.165) is 12.1 Å². The van der Waals surface area contributed by atoms with Crippen molar-refractivity contribution in [2.45, 2.75) is 13.1 Å². The molecular formula is C22H16F3N5O2. The van der Waals surface area contributed by atoms with E-state index >= 15 is 0 Å². The molecule has 0 fully saturated rings. The summed E-state index contributed by atoms with van der Waals surface area (Å²) in [5, 5.41) is 9.20. The third-order valence-electron chi connectivity index (χ3n) is 4.70. The molecule has 0 aliphatic rings. The van der Waals surface area contributed by atoms with Crippen molar-refractivity contribution in [3.8, 4) is 0 Å². The monoisotopic (exact) mass is 439 g/mol. The number of halogens is 3. The highest BCUT2D eigenvalue weighted by Crippen LogP contribution is 2.30. The second-order valence-electron chi connectivity index (χ2n) is 6.99. The fourth-order valence-electron chi connectivity index (χ4n) is 3.00. The van der Waals surface area contributed by atoms with Gasteiger partial charge in [0.05, 0.1) is 17.3 Å². The Labute approximate surface area is 179 Å². The number of aryl methyl sites for hydroxylation is 1. The van der Waals surface area contributed by atoms with Crippen LogP contribution in [0.1, 0.15) is 31.8 Å². The summed E-state index contributed by atoms with van der Waals surface area (Å²) in [4.78, 5) is 29.4. The molecule has 0 radical (unpaired) electrons. The maximum absolute atomic E-state index is 12.9. The molecule has 0 aliphatic heterocycles. The van der Waals surface area contributed by atoms with Crippen LogP contribution in [0.3, 0.4) is 0 Å². The zero-order valence-electron chi connectivity index (χ0n) is 16.6. The van der Waals surface area contributed by atoms with E-state index < -0.39 is 23.6 Å². The van der Waals surface area contributed by atoms with E-state index in [1.165, 1.54) is 41.2 Å². The molecule has 2 amide bonds. The van der Waals surface area contributed by atoms with Crippen molar-refractivity contribution in [3.05, 3.63) is 89.4 Å². The summed E-state index contributed by atoms with van der Waals surface area (Å²) in [7, 11) is 0. The summed E-state index contributed by atoms with van der Waals surface area (Å²) in [5.74, 6) is -1.06. The summed E-state index contributed by atoms with van der Waals surface area (Å²) in [6, 6.07) is 10.6. The molecule has 0 unspecified atom stereocenters. The van der Waals surface area contributed by atoms with Crippen LogP contribution in [0.25, 0.3) is 5.65 Å². The van der Waals surface area contributed by atoms with Crippen molar-refractivity contribution in [3.63, 3.8) is 0 Å². The maximum atomic E-state index is 12.9. The number of carbonyl (C=O) groups is 2. The number of hydrogen-bond donors (Lipinski definition) is 2. The SMILES string of the molecule is Cc1ccc(C(=O)Nc2cccc(C(F)(F)F)c2)cc1NC(=O)c1cnc2ccnn2c1. The van der Waals surface area contributed by atoms with Crippen LogP contribution in [0, 0.1) is 6.92 Å². The molecule has 0 saturated carbocycles. The summed E-state index contributed by atoms with van der Waals surface area (Å²) in [5.41, 5.74) is 1.24. The lowest BCUT2D eigenvalue weighted by Gasteiger charge is -2.12. The number of aromatic nitrogens is 3. The number of amides is 2. The molecule has 0 spiro atoms. The quantitative estimate of drug-likeness (QED) is 0.488. The minimum atomic E-state index is -4.52. The van der Waals surface area contributed by atoms with Gasteiger partial charge >= 0.3 is 6.18 Å². The van der Waals surface area contributed by atoms with Gasteiger partial charge in [0.2, 0.25) is 0 Å². The van der Waals surface area contributed by atoms with Crippen LogP contribution in [0.4, 0.5) is 24.5 Å². The molecule has 0 aliphatic carbocycles. The highest BCUT2D eigenvalue weighted by molar-refractivity contribution is 6.07. The van der Waals surface area contributed by atoms with Crippen LogP contribution < -0.4 is 10.6 Å².